The van der Waals surface area contributed by atoms with Crippen molar-refractivity contribution in [3.8, 4) is 5.75 Å². The standard InChI is InChI=1S/C18H25N3O5/c1-14(22)19-12-17-13-21(18(23)26-17)15-2-4-16(5-3-15)25-11-8-20-6-9-24-10-7-20/h2-5,17H,6-13H2,1H3,(H,19,22)/t17-/m0/s1. The maximum atomic E-state index is 12.0. The number of rotatable bonds is 7. The van der Waals surface area contributed by atoms with Gasteiger partial charge in [0.1, 0.15) is 18.5 Å². The summed E-state index contributed by atoms with van der Waals surface area (Å²) in [6.45, 7) is 7.10. The number of carbonyl (C=O) groups is 2. The molecule has 2 heterocycles. The Morgan fingerprint density at radius 1 is 1.27 bits per heavy atom. The van der Waals surface area contributed by atoms with Gasteiger partial charge < -0.3 is 19.5 Å². The molecule has 1 atom stereocenters. The molecule has 0 saturated carbocycles. The number of nitrogens with zero attached hydrogens (tertiary/aromatic N) is 2. The fraction of sp³-hybridized carbons (Fsp3) is 0.556. The highest BCUT2D eigenvalue weighted by atomic mass is 16.6. The van der Waals surface area contributed by atoms with Crippen molar-refractivity contribution in [1.82, 2.24) is 10.2 Å². The van der Waals surface area contributed by atoms with Gasteiger partial charge in [-0.1, -0.05) is 0 Å². The van der Waals surface area contributed by atoms with Gasteiger partial charge in [0.05, 0.1) is 26.3 Å². The molecule has 8 heteroatoms. The Morgan fingerprint density at radius 3 is 2.69 bits per heavy atom. The number of ether oxygens (including phenoxy) is 3. The lowest BCUT2D eigenvalue weighted by Gasteiger charge is -2.26. The minimum absolute atomic E-state index is 0.141. The number of amides is 2. The van der Waals surface area contributed by atoms with E-state index in [1.165, 1.54) is 6.92 Å². The lowest BCUT2D eigenvalue weighted by atomic mass is 10.2. The Hall–Kier alpha value is -2.32. The molecule has 1 N–H and O–H groups in total. The van der Waals surface area contributed by atoms with E-state index in [1.807, 2.05) is 24.3 Å². The number of nitrogens with one attached hydrogen (secondary N) is 1. The van der Waals surface area contributed by atoms with E-state index in [2.05, 4.69) is 10.2 Å². The van der Waals surface area contributed by atoms with Crippen molar-refractivity contribution in [1.29, 1.82) is 0 Å². The maximum absolute atomic E-state index is 12.0. The van der Waals surface area contributed by atoms with Crippen LogP contribution in [0.2, 0.25) is 0 Å². The molecule has 2 amide bonds. The highest BCUT2D eigenvalue weighted by molar-refractivity contribution is 5.89. The first-order valence-electron chi connectivity index (χ1n) is 8.87. The van der Waals surface area contributed by atoms with E-state index in [0.29, 0.717) is 19.7 Å². The molecule has 1 aromatic rings. The van der Waals surface area contributed by atoms with E-state index in [0.717, 1.165) is 44.3 Å². The SMILES string of the molecule is CC(=O)NC[C@H]1CN(c2ccc(OCCN3CCOCC3)cc2)C(=O)O1. The Morgan fingerprint density at radius 2 is 2.00 bits per heavy atom. The van der Waals surface area contributed by atoms with Crippen molar-refractivity contribution in [3.63, 3.8) is 0 Å². The summed E-state index contributed by atoms with van der Waals surface area (Å²) >= 11 is 0. The number of carbonyl (C=O) groups excluding carboxylic acids is 2. The van der Waals surface area contributed by atoms with Crippen LogP contribution in [0.15, 0.2) is 24.3 Å². The van der Waals surface area contributed by atoms with Crippen LogP contribution in [0.3, 0.4) is 0 Å². The molecule has 0 aliphatic carbocycles. The summed E-state index contributed by atoms with van der Waals surface area (Å²) in [5.74, 6) is 0.627. The van der Waals surface area contributed by atoms with Crippen molar-refractivity contribution >= 4 is 17.7 Å². The van der Waals surface area contributed by atoms with Gasteiger partial charge in [0.15, 0.2) is 0 Å². The van der Waals surface area contributed by atoms with Gasteiger partial charge >= 0.3 is 6.09 Å². The average molecular weight is 363 g/mol. The van der Waals surface area contributed by atoms with E-state index < -0.39 is 6.09 Å². The lowest BCUT2D eigenvalue weighted by molar-refractivity contribution is -0.119. The summed E-state index contributed by atoms with van der Waals surface area (Å²) in [4.78, 5) is 26.8. The van der Waals surface area contributed by atoms with Gasteiger partial charge in [-0.15, -0.1) is 0 Å². The van der Waals surface area contributed by atoms with Crippen LogP contribution in [-0.4, -0.2) is 75.5 Å². The molecule has 26 heavy (non-hydrogen) atoms. The monoisotopic (exact) mass is 363 g/mol. The summed E-state index contributed by atoms with van der Waals surface area (Å²) in [5, 5.41) is 2.66. The quantitative estimate of drug-likeness (QED) is 0.774. The van der Waals surface area contributed by atoms with Crippen LogP contribution in [0, 0.1) is 0 Å². The van der Waals surface area contributed by atoms with Crippen molar-refractivity contribution in [2.45, 2.75) is 13.0 Å². The number of morpholine rings is 1. The third kappa shape index (κ3) is 5.09. The average Bonchev–Trinajstić information content (AvgIpc) is 3.02. The third-order valence-electron chi connectivity index (χ3n) is 4.38. The molecule has 1 aromatic carbocycles. The molecule has 0 aromatic heterocycles. The molecule has 2 aliphatic rings. The molecular weight excluding hydrogens is 338 g/mol. The third-order valence-corrected chi connectivity index (χ3v) is 4.38. The first kappa shape index (κ1) is 18.5. The number of benzene rings is 1. The summed E-state index contributed by atoms with van der Waals surface area (Å²) in [6.07, 6.45) is -0.739. The van der Waals surface area contributed by atoms with Gasteiger partial charge in [-0.25, -0.2) is 4.79 Å². The van der Waals surface area contributed by atoms with E-state index in [4.69, 9.17) is 14.2 Å². The largest absolute Gasteiger partial charge is 0.492 e. The van der Waals surface area contributed by atoms with Crippen LogP contribution in [0.4, 0.5) is 10.5 Å². The van der Waals surface area contributed by atoms with Crippen LogP contribution in [0.1, 0.15) is 6.92 Å². The normalized spacial score (nSPS) is 20.7. The summed E-state index contributed by atoms with van der Waals surface area (Å²) < 4.78 is 16.4. The van der Waals surface area contributed by atoms with Crippen LogP contribution >= 0.6 is 0 Å². The topological polar surface area (TPSA) is 80.3 Å². The van der Waals surface area contributed by atoms with Crippen molar-refractivity contribution in [2.75, 3.05) is 57.4 Å². The minimum atomic E-state index is -0.402. The van der Waals surface area contributed by atoms with E-state index in [-0.39, 0.29) is 12.0 Å². The Bertz CT molecular complexity index is 616. The molecular formula is C18H25N3O5. The highest BCUT2D eigenvalue weighted by Gasteiger charge is 2.32. The van der Waals surface area contributed by atoms with Crippen LogP contribution in [0.25, 0.3) is 0 Å². The first-order chi connectivity index (χ1) is 12.6. The predicted molar refractivity (Wildman–Crippen MR) is 95.5 cm³/mol. The fourth-order valence-electron chi connectivity index (χ4n) is 2.94. The molecule has 2 saturated heterocycles. The number of hydrogen-bond acceptors (Lipinski definition) is 6. The molecule has 0 bridgehead atoms. The zero-order chi connectivity index (χ0) is 18.4. The minimum Gasteiger partial charge on any atom is -0.492 e. The molecule has 2 aliphatic heterocycles. The van der Waals surface area contributed by atoms with E-state index in [9.17, 15) is 9.59 Å². The van der Waals surface area contributed by atoms with Gasteiger partial charge in [-0.05, 0) is 24.3 Å². The zero-order valence-electron chi connectivity index (χ0n) is 15.0. The summed E-state index contributed by atoms with van der Waals surface area (Å²) in [6, 6.07) is 7.38. The van der Waals surface area contributed by atoms with Crippen LogP contribution in [0.5, 0.6) is 5.75 Å². The van der Waals surface area contributed by atoms with Crippen LogP contribution < -0.4 is 15.0 Å². The molecule has 3 rings (SSSR count). The summed E-state index contributed by atoms with van der Waals surface area (Å²) in [7, 11) is 0. The van der Waals surface area contributed by atoms with Crippen molar-refractivity contribution in [2.24, 2.45) is 0 Å². The lowest BCUT2D eigenvalue weighted by Crippen LogP contribution is -2.38. The van der Waals surface area contributed by atoms with Gasteiger partial charge in [0.25, 0.3) is 0 Å². The second-order valence-corrected chi connectivity index (χ2v) is 6.35. The van der Waals surface area contributed by atoms with Gasteiger partial charge in [0.2, 0.25) is 5.91 Å². The first-order valence-corrected chi connectivity index (χ1v) is 8.87. The number of anilines is 1. The molecule has 142 valence electrons. The predicted octanol–water partition coefficient (Wildman–Crippen LogP) is 0.859. The fourth-order valence-corrected chi connectivity index (χ4v) is 2.94. The maximum Gasteiger partial charge on any atom is 0.414 e. The Kier molecular flexibility index (Phi) is 6.30. The molecule has 0 unspecified atom stereocenters. The zero-order valence-corrected chi connectivity index (χ0v) is 15.0. The van der Waals surface area contributed by atoms with Crippen LogP contribution in [-0.2, 0) is 14.3 Å². The molecule has 0 spiro atoms. The van der Waals surface area contributed by atoms with Gasteiger partial charge in [-0.3, -0.25) is 14.6 Å². The summed E-state index contributed by atoms with van der Waals surface area (Å²) in [5.41, 5.74) is 0.751. The second-order valence-electron chi connectivity index (χ2n) is 6.35. The Labute approximate surface area is 153 Å². The second kappa shape index (κ2) is 8.86. The molecule has 8 nitrogen and oxygen atoms in total. The molecule has 2 fully saturated rings. The van der Waals surface area contributed by atoms with Gasteiger partial charge in [0, 0.05) is 32.2 Å². The van der Waals surface area contributed by atoms with E-state index >= 15 is 0 Å². The van der Waals surface area contributed by atoms with E-state index in [1.54, 1.807) is 4.90 Å². The number of cyclic esters (lactones) is 1. The number of hydrogen-bond donors (Lipinski definition) is 1. The molecule has 0 radical (unpaired) electrons. The Balaban J connectivity index is 1.46. The van der Waals surface area contributed by atoms with Gasteiger partial charge in [-0.2, -0.15) is 0 Å². The smallest absolute Gasteiger partial charge is 0.414 e. The van der Waals surface area contributed by atoms with Crippen molar-refractivity contribution in [3.05, 3.63) is 24.3 Å². The highest BCUT2D eigenvalue weighted by Crippen LogP contribution is 2.24. The van der Waals surface area contributed by atoms with Crippen molar-refractivity contribution < 1.29 is 23.8 Å².